The van der Waals surface area contributed by atoms with Crippen LogP contribution in [0.1, 0.15) is 21.5 Å². The van der Waals surface area contributed by atoms with Gasteiger partial charge in [-0.05, 0) is 42.8 Å². The Morgan fingerprint density at radius 1 is 1.00 bits per heavy atom. The topological polar surface area (TPSA) is 74.6 Å². The maximum Gasteiger partial charge on any atom is 0.272 e. The van der Waals surface area contributed by atoms with Crippen LogP contribution in [0.25, 0.3) is 22.2 Å². The van der Waals surface area contributed by atoms with E-state index >= 15 is 0 Å². The summed E-state index contributed by atoms with van der Waals surface area (Å²) in [5.41, 5.74) is 7.23. The quantitative estimate of drug-likeness (QED) is 0.398. The number of phenols is 1. The van der Waals surface area contributed by atoms with E-state index in [1.165, 1.54) is 6.21 Å². The Morgan fingerprint density at radius 3 is 2.62 bits per heavy atom. The van der Waals surface area contributed by atoms with Crippen LogP contribution < -0.4 is 5.43 Å². The van der Waals surface area contributed by atoms with E-state index in [2.05, 4.69) is 10.5 Å². The molecule has 3 aromatic carbocycles. The number of nitrogens with one attached hydrogen (secondary N) is 1. The molecule has 0 aliphatic rings. The van der Waals surface area contributed by atoms with Crippen molar-refractivity contribution >= 4 is 23.0 Å². The van der Waals surface area contributed by atoms with Crippen molar-refractivity contribution in [1.82, 2.24) is 10.4 Å². The van der Waals surface area contributed by atoms with Gasteiger partial charge in [0.05, 0.1) is 23.0 Å². The lowest BCUT2D eigenvalue weighted by atomic mass is 10.0. The average molecular weight is 381 g/mol. The first-order chi connectivity index (χ1) is 14.1. The highest BCUT2D eigenvalue weighted by atomic mass is 16.3. The third kappa shape index (κ3) is 4.14. The molecule has 0 radical (unpaired) electrons. The van der Waals surface area contributed by atoms with Crippen LogP contribution in [0.4, 0.5) is 0 Å². The van der Waals surface area contributed by atoms with Gasteiger partial charge in [-0.2, -0.15) is 5.10 Å². The average Bonchev–Trinajstić information content (AvgIpc) is 2.73. The van der Waals surface area contributed by atoms with Crippen molar-refractivity contribution in [3.8, 4) is 17.0 Å². The molecule has 0 atom stereocenters. The molecule has 0 bridgehead atoms. The zero-order valence-corrected chi connectivity index (χ0v) is 15.8. The van der Waals surface area contributed by atoms with Gasteiger partial charge in [-0.1, -0.05) is 54.1 Å². The van der Waals surface area contributed by atoms with Crippen LogP contribution in [-0.4, -0.2) is 22.2 Å². The fourth-order valence-corrected chi connectivity index (χ4v) is 3.12. The molecular weight excluding hydrogens is 362 g/mol. The predicted molar refractivity (Wildman–Crippen MR) is 115 cm³/mol. The van der Waals surface area contributed by atoms with E-state index in [0.717, 1.165) is 27.7 Å². The van der Waals surface area contributed by atoms with Crippen molar-refractivity contribution in [2.45, 2.75) is 6.92 Å². The Kier molecular flexibility index (Phi) is 5.03. The van der Waals surface area contributed by atoms with Gasteiger partial charge in [0.15, 0.2) is 0 Å². The molecule has 0 aliphatic heterocycles. The minimum absolute atomic E-state index is 0.142. The molecule has 0 aliphatic carbocycles. The maximum atomic E-state index is 12.9. The molecular formula is C24H19N3O2. The molecule has 4 aromatic rings. The summed E-state index contributed by atoms with van der Waals surface area (Å²) in [6, 6.07) is 24.0. The summed E-state index contributed by atoms with van der Waals surface area (Å²) >= 11 is 0. The van der Waals surface area contributed by atoms with Crippen LogP contribution in [0, 0.1) is 6.92 Å². The number of aromatic nitrogens is 1. The SMILES string of the molecule is Cc1ccc2nc(-c3ccccc3)cc(C(=O)NN=Cc3cccc(O)c3)c2c1. The predicted octanol–water partition coefficient (Wildman–Crippen LogP) is 4.68. The monoisotopic (exact) mass is 381 g/mol. The number of hydrogen-bond donors (Lipinski definition) is 2. The lowest BCUT2D eigenvalue weighted by Gasteiger charge is -2.10. The molecule has 2 N–H and O–H groups in total. The van der Waals surface area contributed by atoms with Gasteiger partial charge >= 0.3 is 0 Å². The second-order valence-electron chi connectivity index (χ2n) is 6.74. The summed E-state index contributed by atoms with van der Waals surface area (Å²) in [6.07, 6.45) is 1.49. The number of fused-ring (bicyclic) bond motifs is 1. The van der Waals surface area contributed by atoms with Gasteiger partial charge in [-0.15, -0.1) is 0 Å². The molecule has 29 heavy (non-hydrogen) atoms. The second kappa shape index (κ2) is 7.94. The van der Waals surface area contributed by atoms with Crippen molar-refractivity contribution in [3.63, 3.8) is 0 Å². The molecule has 4 rings (SSSR count). The Bertz CT molecular complexity index is 1220. The van der Waals surface area contributed by atoms with Gasteiger partial charge in [0.1, 0.15) is 5.75 Å². The number of benzene rings is 3. The van der Waals surface area contributed by atoms with Crippen LogP contribution >= 0.6 is 0 Å². The smallest absolute Gasteiger partial charge is 0.272 e. The largest absolute Gasteiger partial charge is 0.508 e. The first kappa shape index (κ1) is 18.4. The minimum atomic E-state index is -0.323. The molecule has 0 unspecified atom stereocenters. The molecule has 1 amide bonds. The number of hydrogen-bond acceptors (Lipinski definition) is 4. The molecule has 0 fully saturated rings. The Balaban J connectivity index is 1.71. The summed E-state index contributed by atoms with van der Waals surface area (Å²) in [4.78, 5) is 17.6. The lowest BCUT2D eigenvalue weighted by Crippen LogP contribution is -2.18. The fourth-order valence-electron chi connectivity index (χ4n) is 3.12. The van der Waals surface area contributed by atoms with Crippen molar-refractivity contribution in [1.29, 1.82) is 0 Å². The first-order valence-electron chi connectivity index (χ1n) is 9.19. The molecule has 0 saturated carbocycles. The summed E-state index contributed by atoms with van der Waals surface area (Å²) in [5, 5.41) is 14.3. The highest BCUT2D eigenvalue weighted by Gasteiger charge is 2.14. The number of pyridine rings is 1. The number of aryl methyl sites for hydroxylation is 1. The normalized spacial score (nSPS) is 11.1. The van der Waals surface area contributed by atoms with Gasteiger partial charge in [-0.3, -0.25) is 4.79 Å². The van der Waals surface area contributed by atoms with E-state index in [9.17, 15) is 9.90 Å². The van der Waals surface area contributed by atoms with Crippen LogP contribution in [0.5, 0.6) is 5.75 Å². The van der Waals surface area contributed by atoms with Gasteiger partial charge in [-0.25, -0.2) is 10.4 Å². The Morgan fingerprint density at radius 2 is 1.83 bits per heavy atom. The zero-order chi connectivity index (χ0) is 20.2. The van der Waals surface area contributed by atoms with Crippen molar-refractivity contribution in [2.24, 2.45) is 5.10 Å². The number of amides is 1. The molecule has 142 valence electrons. The number of aromatic hydroxyl groups is 1. The number of carbonyl (C=O) groups is 1. The van der Waals surface area contributed by atoms with Crippen LogP contribution in [-0.2, 0) is 0 Å². The first-order valence-corrected chi connectivity index (χ1v) is 9.19. The highest BCUT2D eigenvalue weighted by molar-refractivity contribution is 6.07. The minimum Gasteiger partial charge on any atom is -0.508 e. The second-order valence-corrected chi connectivity index (χ2v) is 6.74. The number of carbonyl (C=O) groups excluding carboxylic acids is 1. The van der Waals surface area contributed by atoms with Crippen molar-refractivity contribution < 1.29 is 9.90 Å². The summed E-state index contributed by atoms with van der Waals surface area (Å²) in [7, 11) is 0. The fraction of sp³-hybridized carbons (Fsp3) is 0.0417. The van der Waals surface area contributed by atoms with Gasteiger partial charge in [0.25, 0.3) is 5.91 Å². The van der Waals surface area contributed by atoms with E-state index in [1.54, 1.807) is 30.3 Å². The molecule has 1 aromatic heterocycles. The van der Waals surface area contributed by atoms with E-state index in [-0.39, 0.29) is 11.7 Å². The van der Waals surface area contributed by atoms with E-state index < -0.39 is 0 Å². The molecule has 5 nitrogen and oxygen atoms in total. The molecule has 5 heteroatoms. The molecule has 0 spiro atoms. The number of hydrazone groups is 1. The third-order valence-electron chi connectivity index (χ3n) is 4.53. The Hall–Kier alpha value is -3.99. The van der Waals surface area contributed by atoms with E-state index in [0.29, 0.717) is 11.1 Å². The maximum absolute atomic E-state index is 12.9. The van der Waals surface area contributed by atoms with Gasteiger partial charge in [0.2, 0.25) is 0 Å². The molecule has 0 saturated heterocycles. The lowest BCUT2D eigenvalue weighted by molar-refractivity contribution is 0.0956. The van der Waals surface area contributed by atoms with E-state index in [4.69, 9.17) is 4.98 Å². The van der Waals surface area contributed by atoms with Gasteiger partial charge < -0.3 is 5.11 Å². The highest BCUT2D eigenvalue weighted by Crippen LogP contribution is 2.25. The summed E-state index contributed by atoms with van der Waals surface area (Å²) < 4.78 is 0. The summed E-state index contributed by atoms with van der Waals surface area (Å²) in [6.45, 7) is 1.98. The van der Waals surface area contributed by atoms with Crippen LogP contribution in [0.2, 0.25) is 0 Å². The van der Waals surface area contributed by atoms with Crippen LogP contribution in [0.3, 0.4) is 0 Å². The Labute approximate surface area is 168 Å². The van der Waals surface area contributed by atoms with Gasteiger partial charge in [0, 0.05) is 10.9 Å². The van der Waals surface area contributed by atoms with Crippen molar-refractivity contribution in [3.05, 3.63) is 95.6 Å². The molecule has 1 heterocycles. The van der Waals surface area contributed by atoms with E-state index in [1.807, 2.05) is 55.5 Å². The van der Waals surface area contributed by atoms with Crippen molar-refractivity contribution in [2.75, 3.05) is 0 Å². The summed E-state index contributed by atoms with van der Waals surface area (Å²) in [5.74, 6) is -0.181. The standard InChI is InChI=1S/C24H19N3O2/c1-16-10-11-22-20(12-16)21(14-23(26-22)18-7-3-2-4-8-18)24(29)27-25-15-17-6-5-9-19(28)13-17/h2-15,28H,1H3,(H,27,29). The zero-order valence-electron chi connectivity index (χ0n) is 15.8. The number of nitrogens with zero attached hydrogens (tertiary/aromatic N) is 2. The third-order valence-corrected chi connectivity index (χ3v) is 4.53. The number of phenolic OH excluding ortho intramolecular Hbond substituents is 1. The van der Waals surface area contributed by atoms with Crippen LogP contribution in [0.15, 0.2) is 84.0 Å². The number of rotatable bonds is 4.